The van der Waals surface area contributed by atoms with Crippen molar-refractivity contribution in [2.45, 2.75) is 12.7 Å². The first kappa shape index (κ1) is 27.6. The Kier molecular flexibility index (Phi) is 7.76. The molecule has 0 radical (unpaired) electrons. The Bertz CT molecular complexity index is 1630. The van der Waals surface area contributed by atoms with Crippen molar-refractivity contribution in [1.82, 2.24) is 24.4 Å². The van der Waals surface area contributed by atoms with Crippen molar-refractivity contribution in [3.63, 3.8) is 0 Å². The Hall–Kier alpha value is -3.98. The molecule has 2 aromatic carbocycles. The molecule has 0 bridgehead atoms. The second-order valence-corrected chi connectivity index (χ2v) is 9.80. The van der Waals surface area contributed by atoms with Gasteiger partial charge in [0.1, 0.15) is 11.0 Å². The van der Waals surface area contributed by atoms with Gasteiger partial charge in [-0.15, -0.1) is 10.2 Å². The van der Waals surface area contributed by atoms with Gasteiger partial charge in [0.25, 0.3) is 5.91 Å². The van der Waals surface area contributed by atoms with E-state index < -0.39 is 23.5 Å². The Morgan fingerprint density at radius 3 is 2.55 bits per heavy atom. The van der Waals surface area contributed by atoms with Crippen LogP contribution in [-0.4, -0.2) is 63.5 Å². The third-order valence-electron chi connectivity index (χ3n) is 6.58. The standard InChI is InChI=1S/C28H23ClF4N6O/c1-37-11-13-38(14-12-37)17-20-6-5-19(16-22(20)28(31,32)33)27(40)34-21-8-9-23(30)18(15-21)7-10-26-36-35-25-4-2-3-24(29)39(25)26/h2-6,8-9,15-16H,11-14,17H2,1H3,(H,34,40). The van der Waals surface area contributed by atoms with E-state index in [4.69, 9.17) is 11.6 Å². The van der Waals surface area contributed by atoms with E-state index in [1.54, 1.807) is 18.2 Å². The molecule has 206 valence electrons. The highest BCUT2D eigenvalue weighted by Crippen LogP contribution is 2.34. The van der Waals surface area contributed by atoms with Crippen LogP contribution in [0, 0.1) is 17.7 Å². The van der Waals surface area contributed by atoms with E-state index in [1.165, 1.54) is 28.7 Å². The van der Waals surface area contributed by atoms with Gasteiger partial charge in [-0.2, -0.15) is 13.2 Å². The second-order valence-electron chi connectivity index (χ2n) is 9.41. The molecule has 1 aliphatic heterocycles. The molecule has 0 spiro atoms. The van der Waals surface area contributed by atoms with Crippen LogP contribution in [-0.2, 0) is 12.7 Å². The topological polar surface area (TPSA) is 65.8 Å². The average Bonchev–Trinajstić information content (AvgIpc) is 3.34. The SMILES string of the molecule is CN1CCN(Cc2ccc(C(=O)Nc3ccc(F)c(C#Cc4nnc5cccc(Cl)n45)c3)cc2C(F)(F)F)CC1. The first-order valence-electron chi connectivity index (χ1n) is 12.3. The molecule has 1 fully saturated rings. The molecule has 1 saturated heterocycles. The number of halogens is 5. The number of aromatic nitrogens is 3. The average molecular weight is 571 g/mol. The number of benzene rings is 2. The number of hydrogen-bond acceptors (Lipinski definition) is 5. The maximum absolute atomic E-state index is 14.5. The molecule has 1 amide bonds. The molecule has 4 aromatic rings. The molecule has 3 heterocycles. The summed E-state index contributed by atoms with van der Waals surface area (Å²) >= 11 is 6.18. The molecule has 1 aliphatic rings. The molecular formula is C28H23ClF4N6O. The molecule has 0 saturated carbocycles. The zero-order valence-corrected chi connectivity index (χ0v) is 22.0. The lowest BCUT2D eigenvalue weighted by Crippen LogP contribution is -2.44. The van der Waals surface area contributed by atoms with Crippen LogP contribution in [0.5, 0.6) is 0 Å². The fourth-order valence-corrected chi connectivity index (χ4v) is 4.62. The first-order chi connectivity index (χ1) is 19.1. The summed E-state index contributed by atoms with van der Waals surface area (Å²) in [5.41, 5.74) is -0.352. The van der Waals surface area contributed by atoms with Crippen LogP contribution in [0.15, 0.2) is 54.6 Å². The Morgan fingerprint density at radius 2 is 1.80 bits per heavy atom. The van der Waals surface area contributed by atoms with Gasteiger partial charge in [-0.05, 0) is 61.0 Å². The minimum atomic E-state index is -4.63. The van der Waals surface area contributed by atoms with Crippen molar-refractivity contribution in [3.05, 3.63) is 93.6 Å². The van der Waals surface area contributed by atoms with Gasteiger partial charge in [-0.1, -0.05) is 29.7 Å². The number of nitrogens with zero attached hydrogens (tertiary/aromatic N) is 5. The lowest BCUT2D eigenvalue weighted by molar-refractivity contribution is -0.138. The normalized spacial score (nSPS) is 14.7. The minimum absolute atomic E-state index is 0.0555. The highest BCUT2D eigenvalue weighted by atomic mass is 35.5. The fourth-order valence-electron chi connectivity index (χ4n) is 4.38. The summed E-state index contributed by atoms with van der Waals surface area (Å²) in [6.45, 7) is 3.00. The van der Waals surface area contributed by atoms with Crippen LogP contribution in [0.4, 0.5) is 23.2 Å². The monoisotopic (exact) mass is 570 g/mol. The Labute approximate surface area is 232 Å². The van der Waals surface area contributed by atoms with Crippen LogP contribution in [0.3, 0.4) is 0 Å². The van der Waals surface area contributed by atoms with Gasteiger partial charge < -0.3 is 10.2 Å². The number of alkyl halides is 3. The summed E-state index contributed by atoms with van der Waals surface area (Å²) in [7, 11) is 1.97. The molecule has 0 unspecified atom stereocenters. The molecule has 12 heteroatoms. The molecule has 7 nitrogen and oxygen atoms in total. The lowest BCUT2D eigenvalue weighted by Gasteiger charge is -2.33. The molecule has 40 heavy (non-hydrogen) atoms. The number of fused-ring (bicyclic) bond motifs is 1. The number of hydrogen-bond donors (Lipinski definition) is 1. The van der Waals surface area contributed by atoms with E-state index in [2.05, 4.69) is 32.3 Å². The van der Waals surface area contributed by atoms with Gasteiger partial charge in [0.05, 0.1) is 11.1 Å². The summed E-state index contributed by atoms with van der Waals surface area (Å²) in [6.07, 6.45) is -4.63. The molecule has 5 rings (SSSR count). The van der Waals surface area contributed by atoms with Crippen molar-refractivity contribution in [2.24, 2.45) is 0 Å². The van der Waals surface area contributed by atoms with Crippen molar-refractivity contribution in [3.8, 4) is 11.8 Å². The predicted octanol–water partition coefficient (Wildman–Crippen LogP) is 4.94. The highest BCUT2D eigenvalue weighted by molar-refractivity contribution is 6.29. The van der Waals surface area contributed by atoms with Crippen molar-refractivity contribution in [2.75, 3.05) is 38.5 Å². The maximum Gasteiger partial charge on any atom is 0.416 e. The van der Waals surface area contributed by atoms with Crippen LogP contribution >= 0.6 is 11.6 Å². The third-order valence-corrected chi connectivity index (χ3v) is 6.88. The molecule has 0 atom stereocenters. The number of carbonyl (C=O) groups is 1. The van der Waals surface area contributed by atoms with Crippen molar-refractivity contribution >= 4 is 28.8 Å². The number of pyridine rings is 1. The van der Waals surface area contributed by atoms with E-state index in [-0.39, 0.29) is 34.7 Å². The van der Waals surface area contributed by atoms with Gasteiger partial charge in [0.2, 0.25) is 5.82 Å². The molecular weight excluding hydrogens is 548 g/mol. The summed E-state index contributed by atoms with van der Waals surface area (Å²) in [6, 6.07) is 12.3. The highest BCUT2D eigenvalue weighted by Gasteiger charge is 2.34. The quantitative estimate of drug-likeness (QED) is 0.214. The number of likely N-dealkylation sites (N-methyl/N-ethyl adjacent to an activating group) is 1. The smallest absolute Gasteiger partial charge is 0.322 e. The first-order valence-corrected chi connectivity index (χ1v) is 12.7. The van der Waals surface area contributed by atoms with E-state index >= 15 is 0 Å². The van der Waals surface area contributed by atoms with Gasteiger partial charge in [0.15, 0.2) is 5.65 Å². The Balaban J connectivity index is 1.36. The number of carbonyl (C=O) groups excluding carboxylic acids is 1. The van der Waals surface area contributed by atoms with Gasteiger partial charge in [0, 0.05) is 44.0 Å². The zero-order chi connectivity index (χ0) is 28.4. The number of rotatable bonds is 4. The third kappa shape index (κ3) is 6.09. The number of amides is 1. The second kappa shape index (κ2) is 11.3. The zero-order valence-electron chi connectivity index (χ0n) is 21.3. The van der Waals surface area contributed by atoms with E-state index in [9.17, 15) is 22.4 Å². The van der Waals surface area contributed by atoms with Gasteiger partial charge in [-0.25, -0.2) is 4.39 Å². The van der Waals surface area contributed by atoms with Crippen LogP contribution < -0.4 is 5.32 Å². The minimum Gasteiger partial charge on any atom is -0.322 e. The van der Waals surface area contributed by atoms with E-state index in [0.29, 0.717) is 23.9 Å². The molecule has 1 N–H and O–H groups in total. The van der Waals surface area contributed by atoms with Crippen LogP contribution in [0.1, 0.15) is 32.9 Å². The fraction of sp³-hybridized carbons (Fsp3) is 0.250. The number of nitrogens with one attached hydrogen (secondary N) is 1. The summed E-state index contributed by atoms with van der Waals surface area (Å²) in [4.78, 5) is 17.0. The lowest BCUT2D eigenvalue weighted by atomic mass is 10.0. The Morgan fingerprint density at radius 1 is 1.02 bits per heavy atom. The van der Waals surface area contributed by atoms with Gasteiger partial charge in [-0.3, -0.25) is 14.1 Å². The summed E-state index contributed by atoms with van der Waals surface area (Å²) in [5.74, 6) is 4.13. The van der Waals surface area contributed by atoms with Crippen LogP contribution in [0.25, 0.3) is 5.65 Å². The summed E-state index contributed by atoms with van der Waals surface area (Å²) < 4.78 is 57.7. The predicted molar refractivity (Wildman–Crippen MR) is 143 cm³/mol. The molecule has 2 aromatic heterocycles. The largest absolute Gasteiger partial charge is 0.416 e. The van der Waals surface area contributed by atoms with Crippen molar-refractivity contribution in [1.29, 1.82) is 0 Å². The number of anilines is 1. The van der Waals surface area contributed by atoms with Crippen molar-refractivity contribution < 1.29 is 22.4 Å². The van der Waals surface area contributed by atoms with E-state index in [0.717, 1.165) is 25.2 Å². The van der Waals surface area contributed by atoms with E-state index in [1.807, 2.05) is 11.9 Å². The molecule has 0 aliphatic carbocycles. The van der Waals surface area contributed by atoms with Crippen LogP contribution in [0.2, 0.25) is 5.15 Å². The van der Waals surface area contributed by atoms with Gasteiger partial charge >= 0.3 is 6.18 Å². The summed E-state index contributed by atoms with van der Waals surface area (Å²) in [5, 5.41) is 10.8. The number of piperazine rings is 1. The maximum atomic E-state index is 14.5.